The van der Waals surface area contributed by atoms with E-state index in [0.29, 0.717) is 18.3 Å². The zero-order chi connectivity index (χ0) is 10.1. The molecule has 0 spiro atoms. The van der Waals surface area contributed by atoms with Crippen molar-refractivity contribution in [3.63, 3.8) is 0 Å². The molecule has 4 unspecified atom stereocenters. The summed E-state index contributed by atoms with van der Waals surface area (Å²) in [6.07, 6.45) is 3.02. The molecule has 0 bridgehead atoms. The Hall–Kier alpha value is -0.610. The molecule has 0 aromatic heterocycles. The first-order valence-electron chi connectivity index (χ1n) is 5.29. The van der Waals surface area contributed by atoms with Crippen molar-refractivity contribution in [1.82, 2.24) is 5.32 Å². The molecule has 2 aliphatic rings. The van der Waals surface area contributed by atoms with E-state index in [1.165, 1.54) is 0 Å². The maximum atomic E-state index is 10.7. The van der Waals surface area contributed by atoms with E-state index in [2.05, 4.69) is 5.32 Å². The summed E-state index contributed by atoms with van der Waals surface area (Å²) in [5.41, 5.74) is 0. The average Bonchev–Trinajstić information content (AvgIpc) is 2.16. The minimum Gasteiger partial charge on any atom is -0.548 e. The number of piperidine rings is 1. The van der Waals surface area contributed by atoms with Gasteiger partial charge in [-0.05, 0) is 44.1 Å². The Bertz CT molecular complexity index is 231. The van der Waals surface area contributed by atoms with Gasteiger partial charge < -0.3 is 20.3 Å². The number of hydrogen-bond acceptors (Lipinski definition) is 4. The van der Waals surface area contributed by atoms with Gasteiger partial charge in [0, 0.05) is 6.04 Å². The molecule has 1 aliphatic heterocycles. The van der Waals surface area contributed by atoms with Crippen molar-refractivity contribution in [3.8, 4) is 0 Å². The van der Waals surface area contributed by atoms with E-state index in [4.69, 9.17) is 0 Å². The number of hydrogen-bond donors (Lipinski definition) is 2. The molecule has 4 atom stereocenters. The van der Waals surface area contributed by atoms with E-state index < -0.39 is 12.0 Å². The van der Waals surface area contributed by atoms with Crippen molar-refractivity contribution < 1.29 is 15.0 Å². The van der Waals surface area contributed by atoms with Crippen LogP contribution in [0.3, 0.4) is 0 Å². The van der Waals surface area contributed by atoms with E-state index in [9.17, 15) is 15.0 Å². The SMILES string of the molecule is O=C([O-])C1CC2CC(O)CCC2CN1. The third kappa shape index (κ3) is 1.91. The standard InChI is InChI=1S/C10H17NO3/c12-8-2-1-6-5-11-9(10(13)14)4-7(6)3-8/h6-9,11-12H,1-5H2,(H,13,14)/p-1. The molecular weight excluding hydrogens is 182 g/mol. The lowest BCUT2D eigenvalue weighted by molar-refractivity contribution is -0.309. The molecule has 1 heterocycles. The molecule has 2 N–H and O–H groups in total. The van der Waals surface area contributed by atoms with Crippen molar-refractivity contribution >= 4 is 5.97 Å². The average molecular weight is 198 g/mol. The number of aliphatic carboxylic acids is 1. The summed E-state index contributed by atoms with van der Waals surface area (Å²) >= 11 is 0. The molecule has 0 aromatic carbocycles. The number of aliphatic hydroxyl groups is 1. The van der Waals surface area contributed by atoms with Crippen LogP contribution in [0, 0.1) is 11.8 Å². The number of fused-ring (bicyclic) bond motifs is 1. The van der Waals surface area contributed by atoms with Crippen LogP contribution in [0.1, 0.15) is 25.7 Å². The summed E-state index contributed by atoms with van der Waals surface area (Å²) in [6, 6.07) is -0.512. The van der Waals surface area contributed by atoms with Gasteiger partial charge in [-0.2, -0.15) is 0 Å². The van der Waals surface area contributed by atoms with Crippen LogP contribution in [0.25, 0.3) is 0 Å². The van der Waals surface area contributed by atoms with Crippen molar-refractivity contribution in [2.24, 2.45) is 11.8 Å². The number of rotatable bonds is 1. The Kier molecular flexibility index (Phi) is 2.74. The zero-order valence-corrected chi connectivity index (χ0v) is 8.11. The smallest absolute Gasteiger partial charge is 0.0584 e. The number of nitrogens with one attached hydrogen (secondary N) is 1. The molecule has 14 heavy (non-hydrogen) atoms. The minimum atomic E-state index is -1.01. The molecule has 1 aliphatic carbocycles. The van der Waals surface area contributed by atoms with E-state index in [0.717, 1.165) is 25.8 Å². The first kappa shape index (κ1) is 9.93. The van der Waals surface area contributed by atoms with Gasteiger partial charge in [-0.1, -0.05) is 0 Å². The fraction of sp³-hybridized carbons (Fsp3) is 0.900. The second-order valence-electron chi connectivity index (χ2n) is 4.50. The Labute approximate surface area is 83.3 Å². The molecular formula is C10H16NO3-. The number of carboxylic acids is 1. The van der Waals surface area contributed by atoms with E-state index in [1.54, 1.807) is 0 Å². The summed E-state index contributed by atoms with van der Waals surface area (Å²) in [6.45, 7) is 0.760. The highest BCUT2D eigenvalue weighted by Gasteiger charge is 2.35. The first-order valence-corrected chi connectivity index (χ1v) is 5.29. The molecule has 4 heteroatoms. The fourth-order valence-electron chi connectivity index (χ4n) is 2.72. The topological polar surface area (TPSA) is 72.4 Å². The summed E-state index contributed by atoms with van der Waals surface area (Å²) in [5, 5.41) is 23.2. The van der Waals surface area contributed by atoms with Gasteiger partial charge in [-0.25, -0.2) is 0 Å². The van der Waals surface area contributed by atoms with Gasteiger partial charge in [0.2, 0.25) is 0 Å². The van der Waals surface area contributed by atoms with E-state index >= 15 is 0 Å². The third-order valence-corrected chi connectivity index (χ3v) is 3.56. The van der Waals surface area contributed by atoms with Crippen LogP contribution in [0.2, 0.25) is 0 Å². The second kappa shape index (κ2) is 3.87. The maximum absolute atomic E-state index is 10.7. The van der Waals surface area contributed by atoms with Crippen molar-refractivity contribution in [1.29, 1.82) is 0 Å². The monoisotopic (exact) mass is 198 g/mol. The van der Waals surface area contributed by atoms with Gasteiger partial charge in [-0.15, -0.1) is 0 Å². The van der Waals surface area contributed by atoms with Crippen LogP contribution in [-0.2, 0) is 4.79 Å². The summed E-state index contributed by atoms with van der Waals surface area (Å²) in [5.74, 6) is -0.0968. The Morgan fingerprint density at radius 3 is 2.79 bits per heavy atom. The summed E-state index contributed by atoms with van der Waals surface area (Å²) < 4.78 is 0. The molecule has 0 amide bonds. The summed E-state index contributed by atoms with van der Waals surface area (Å²) in [7, 11) is 0. The Morgan fingerprint density at radius 2 is 2.07 bits per heavy atom. The van der Waals surface area contributed by atoms with Crippen molar-refractivity contribution in [2.75, 3.05) is 6.54 Å². The van der Waals surface area contributed by atoms with Crippen LogP contribution >= 0.6 is 0 Å². The fourth-order valence-corrected chi connectivity index (χ4v) is 2.72. The number of carbonyl (C=O) groups is 1. The quantitative estimate of drug-likeness (QED) is 0.559. The third-order valence-electron chi connectivity index (χ3n) is 3.56. The Balaban J connectivity index is 1.96. The Morgan fingerprint density at radius 1 is 1.29 bits per heavy atom. The lowest BCUT2D eigenvalue weighted by Crippen LogP contribution is -2.54. The largest absolute Gasteiger partial charge is 0.548 e. The van der Waals surface area contributed by atoms with Crippen LogP contribution < -0.4 is 10.4 Å². The molecule has 0 radical (unpaired) electrons. The first-order chi connectivity index (χ1) is 6.66. The van der Waals surface area contributed by atoms with Gasteiger partial charge in [0.15, 0.2) is 0 Å². The molecule has 1 saturated carbocycles. The van der Waals surface area contributed by atoms with Gasteiger partial charge in [0.1, 0.15) is 0 Å². The predicted octanol–water partition coefficient (Wildman–Crippen LogP) is -1.12. The lowest BCUT2D eigenvalue weighted by Gasteiger charge is -2.41. The normalized spacial score (nSPS) is 42.9. The molecule has 80 valence electrons. The molecule has 4 nitrogen and oxygen atoms in total. The number of carbonyl (C=O) groups excluding carboxylic acids is 1. The number of carboxylic acid groups (broad SMARTS) is 1. The second-order valence-corrected chi connectivity index (χ2v) is 4.50. The van der Waals surface area contributed by atoms with Gasteiger partial charge in [0.05, 0.1) is 12.1 Å². The van der Waals surface area contributed by atoms with Gasteiger partial charge in [0.25, 0.3) is 0 Å². The molecule has 2 fully saturated rings. The summed E-state index contributed by atoms with van der Waals surface area (Å²) in [4.78, 5) is 10.7. The minimum absolute atomic E-state index is 0.225. The maximum Gasteiger partial charge on any atom is 0.0584 e. The van der Waals surface area contributed by atoms with Crippen LogP contribution in [0.15, 0.2) is 0 Å². The van der Waals surface area contributed by atoms with Gasteiger partial charge in [-0.3, -0.25) is 0 Å². The molecule has 0 aromatic rings. The molecule has 1 saturated heterocycles. The highest BCUT2D eigenvalue weighted by Crippen LogP contribution is 2.35. The van der Waals surface area contributed by atoms with Gasteiger partial charge >= 0.3 is 0 Å². The highest BCUT2D eigenvalue weighted by atomic mass is 16.4. The lowest BCUT2D eigenvalue weighted by atomic mass is 9.72. The van der Waals surface area contributed by atoms with Crippen LogP contribution in [-0.4, -0.2) is 29.8 Å². The predicted molar refractivity (Wildman–Crippen MR) is 48.3 cm³/mol. The van der Waals surface area contributed by atoms with Crippen molar-refractivity contribution in [2.45, 2.75) is 37.8 Å². The zero-order valence-electron chi connectivity index (χ0n) is 8.11. The van der Waals surface area contributed by atoms with Crippen LogP contribution in [0.5, 0.6) is 0 Å². The van der Waals surface area contributed by atoms with Crippen LogP contribution in [0.4, 0.5) is 0 Å². The molecule has 2 rings (SSSR count). The van der Waals surface area contributed by atoms with Crippen molar-refractivity contribution in [3.05, 3.63) is 0 Å². The van der Waals surface area contributed by atoms with E-state index in [-0.39, 0.29) is 6.10 Å². The van der Waals surface area contributed by atoms with E-state index in [1.807, 2.05) is 0 Å². The highest BCUT2D eigenvalue weighted by molar-refractivity contribution is 5.71. The number of aliphatic hydroxyl groups excluding tert-OH is 1.